The lowest BCUT2D eigenvalue weighted by atomic mass is 9.85. The van der Waals surface area contributed by atoms with E-state index in [0.717, 1.165) is 19.1 Å². The van der Waals surface area contributed by atoms with Gasteiger partial charge in [0.2, 0.25) is 0 Å². The Morgan fingerprint density at radius 2 is 1.86 bits per heavy atom. The second-order valence-corrected chi connectivity index (χ2v) is 7.11. The third-order valence-corrected chi connectivity index (χ3v) is 5.83. The van der Waals surface area contributed by atoms with Crippen LogP contribution in [0.25, 0.3) is 0 Å². The Kier molecular flexibility index (Phi) is 4.91. The first-order chi connectivity index (χ1) is 10.6. The lowest BCUT2D eigenvalue weighted by Crippen LogP contribution is -2.52. The number of ether oxygens (including phenoxy) is 1. The van der Waals surface area contributed by atoms with E-state index in [4.69, 9.17) is 4.74 Å². The van der Waals surface area contributed by atoms with Gasteiger partial charge >= 0.3 is 0 Å². The average Bonchev–Trinajstić information content (AvgIpc) is 2.58. The molecule has 2 aliphatic heterocycles. The largest absolute Gasteiger partial charge is 0.374 e. The Hall–Kier alpha value is -0.840. The number of hydrogen-bond donors (Lipinski definition) is 1. The van der Waals surface area contributed by atoms with Gasteiger partial charge in [-0.15, -0.1) is 0 Å². The van der Waals surface area contributed by atoms with Crippen LogP contribution >= 0.6 is 0 Å². The van der Waals surface area contributed by atoms with Gasteiger partial charge in [0.05, 0.1) is 5.60 Å². The number of nitrogens with one attached hydrogen (secondary N) is 1. The lowest BCUT2D eigenvalue weighted by Gasteiger charge is -2.43. The molecule has 0 bridgehead atoms. The number of methoxy groups -OCH3 is 1. The fourth-order valence-corrected chi connectivity index (χ4v) is 3.89. The van der Waals surface area contributed by atoms with E-state index in [1.807, 2.05) is 7.11 Å². The molecule has 3 aliphatic rings. The van der Waals surface area contributed by atoms with E-state index in [1.165, 1.54) is 44.7 Å². The normalized spacial score (nSPS) is 34.8. The van der Waals surface area contributed by atoms with Crippen LogP contribution in [0.2, 0.25) is 0 Å². The summed E-state index contributed by atoms with van der Waals surface area (Å²) in [5.41, 5.74) is 1.18. The maximum atomic E-state index is 5.76. The van der Waals surface area contributed by atoms with Gasteiger partial charge < -0.3 is 15.0 Å². The van der Waals surface area contributed by atoms with Crippen molar-refractivity contribution in [3.8, 4) is 0 Å². The fraction of sp³-hybridized carbons (Fsp3) is 0.778. The highest BCUT2D eigenvalue weighted by atomic mass is 16.5. The second-order valence-electron chi connectivity index (χ2n) is 7.11. The number of piperidine rings is 1. The van der Waals surface area contributed by atoms with Gasteiger partial charge in [-0.25, -0.2) is 0 Å². The maximum absolute atomic E-state index is 5.76. The predicted molar refractivity (Wildman–Crippen MR) is 90.8 cm³/mol. The van der Waals surface area contributed by atoms with Gasteiger partial charge in [0.1, 0.15) is 0 Å². The minimum Gasteiger partial charge on any atom is -0.374 e. The number of allylic oxidation sites excluding steroid dienone is 1. The average molecular weight is 305 g/mol. The molecule has 124 valence electrons. The van der Waals surface area contributed by atoms with Crippen molar-refractivity contribution in [2.75, 3.05) is 46.4 Å². The molecular formula is C18H31N3O. The molecule has 0 aromatic heterocycles. The van der Waals surface area contributed by atoms with Gasteiger partial charge in [0.15, 0.2) is 0 Å². The van der Waals surface area contributed by atoms with Crippen molar-refractivity contribution < 1.29 is 4.74 Å². The first-order valence-corrected chi connectivity index (χ1v) is 8.78. The van der Waals surface area contributed by atoms with E-state index in [2.05, 4.69) is 47.2 Å². The number of piperazine rings is 1. The van der Waals surface area contributed by atoms with Crippen molar-refractivity contribution in [2.24, 2.45) is 5.92 Å². The topological polar surface area (TPSA) is 27.7 Å². The minimum absolute atomic E-state index is 0.167. The molecule has 2 atom stereocenters. The van der Waals surface area contributed by atoms with Crippen molar-refractivity contribution in [1.82, 2.24) is 15.1 Å². The van der Waals surface area contributed by atoms with E-state index in [-0.39, 0.29) is 5.60 Å². The van der Waals surface area contributed by atoms with Gasteiger partial charge in [-0.05, 0) is 31.9 Å². The Labute approximate surface area is 135 Å². The summed E-state index contributed by atoms with van der Waals surface area (Å²) in [6.45, 7) is 11.5. The molecule has 0 radical (unpaired) electrons. The summed E-state index contributed by atoms with van der Waals surface area (Å²) in [6, 6.07) is 0.777. The summed E-state index contributed by atoms with van der Waals surface area (Å²) in [4.78, 5) is 5.22. The van der Waals surface area contributed by atoms with Crippen LogP contribution in [0, 0.1) is 5.92 Å². The summed E-state index contributed by atoms with van der Waals surface area (Å²) >= 11 is 0. The van der Waals surface area contributed by atoms with Gasteiger partial charge in [0.25, 0.3) is 0 Å². The molecule has 2 heterocycles. The summed E-state index contributed by atoms with van der Waals surface area (Å²) in [5, 5.41) is 3.45. The first-order valence-electron chi connectivity index (χ1n) is 8.78. The van der Waals surface area contributed by atoms with E-state index in [0.29, 0.717) is 5.92 Å². The molecule has 4 nitrogen and oxygen atoms in total. The van der Waals surface area contributed by atoms with Crippen molar-refractivity contribution >= 4 is 0 Å². The third kappa shape index (κ3) is 3.24. The van der Waals surface area contributed by atoms with E-state index < -0.39 is 0 Å². The van der Waals surface area contributed by atoms with Crippen LogP contribution in [-0.4, -0.2) is 67.8 Å². The predicted octanol–water partition coefficient (Wildman–Crippen LogP) is 1.85. The smallest absolute Gasteiger partial charge is 0.0913 e. The monoisotopic (exact) mass is 305 g/mol. The van der Waals surface area contributed by atoms with Gasteiger partial charge in [0, 0.05) is 64.0 Å². The quantitative estimate of drug-likeness (QED) is 0.861. The summed E-state index contributed by atoms with van der Waals surface area (Å²) in [6.07, 6.45) is 9.47. The first kappa shape index (κ1) is 16.0. The Bertz CT molecular complexity index is 434. The zero-order valence-corrected chi connectivity index (χ0v) is 14.3. The number of hydrogen-bond acceptors (Lipinski definition) is 4. The molecule has 1 N–H and O–H groups in total. The molecular weight excluding hydrogens is 274 g/mol. The van der Waals surface area contributed by atoms with Gasteiger partial charge in [-0.1, -0.05) is 13.0 Å². The highest BCUT2D eigenvalue weighted by molar-refractivity contribution is 5.29. The highest BCUT2D eigenvalue weighted by Crippen LogP contribution is 2.32. The molecule has 1 aliphatic carbocycles. The van der Waals surface area contributed by atoms with Gasteiger partial charge in [-0.3, -0.25) is 4.90 Å². The van der Waals surface area contributed by atoms with Crippen molar-refractivity contribution in [2.45, 2.75) is 38.3 Å². The molecule has 2 unspecified atom stereocenters. The molecule has 2 fully saturated rings. The molecule has 0 spiro atoms. The molecule has 3 rings (SSSR count). The van der Waals surface area contributed by atoms with E-state index in [9.17, 15) is 0 Å². The van der Waals surface area contributed by atoms with Crippen molar-refractivity contribution in [3.63, 3.8) is 0 Å². The molecule has 0 aromatic rings. The Morgan fingerprint density at radius 1 is 1.18 bits per heavy atom. The van der Waals surface area contributed by atoms with Crippen molar-refractivity contribution in [1.29, 1.82) is 0 Å². The SMILES string of the molecule is COC1(C)C=C(N2CCC(N3CCNCC3)CC2)C=CC1C. The number of likely N-dealkylation sites (tertiary alicyclic amines) is 1. The van der Waals surface area contributed by atoms with Crippen LogP contribution in [0.3, 0.4) is 0 Å². The van der Waals surface area contributed by atoms with Crippen LogP contribution in [0.1, 0.15) is 26.7 Å². The molecule has 0 amide bonds. The van der Waals surface area contributed by atoms with Crippen LogP contribution in [0.15, 0.2) is 23.9 Å². The third-order valence-electron chi connectivity index (χ3n) is 5.83. The Balaban J connectivity index is 1.59. The zero-order chi connectivity index (χ0) is 15.6. The van der Waals surface area contributed by atoms with Crippen LogP contribution in [0.4, 0.5) is 0 Å². The number of nitrogens with zero attached hydrogens (tertiary/aromatic N) is 2. The highest BCUT2D eigenvalue weighted by Gasteiger charge is 2.32. The summed E-state index contributed by atoms with van der Waals surface area (Å²) in [7, 11) is 1.82. The van der Waals surface area contributed by atoms with E-state index in [1.54, 1.807) is 0 Å². The molecule has 22 heavy (non-hydrogen) atoms. The van der Waals surface area contributed by atoms with E-state index >= 15 is 0 Å². The maximum Gasteiger partial charge on any atom is 0.0913 e. The minimum atomic E-state index is -0.167. The van der Waals surface area contributed by atoms with Gasteiger partial charge in [-0.2, -0.15) is 0 Å². The van der Waals surface area contributed by atoms with Crippen molar-refractivity contribution in [3.05, 3.63) is 23.9 Å². The lowest BCUT2D eigenvalue weighted by molar-refractivity contribution is 0.0150. The molecule has 0 aromatic carbocycles. The summed E-state index contributed by atoms with van der Waals surface area (Å²) < 4.78 is 5.76. The van der Waals surface area contributed by atoms with Crippen LogP contribution < -0.4 is 5.32 Å². The van der Waals surface area contributed by atoms with Crippen LogP contribution in [-0.2, 0) is 4.74 Å². The second kappa shape index (κ2) is 6.73. The Morgan fingerprint density at radius 3 is 2.50 bits per heavy atom. The van der Waals surface area contributed by atoms with Crippen LogP contribution in [0.5, 0.6) is 0 Å². The number of rotatable bonds is 3. The molecule has 0 saturated carbocycles. The standard InChI is InChI=1S/C18H31N3O/c1-15-4-5-17(14-18(15,2)22-3)20-10-6-16(7-11-20)21-12-8-19-9-13-21/h4-5,14-16,19H,6-13H2,1-3H3. The zero-order valence-electron chi connectivity index (χ0n) is 14.3. The molecule has 4 heteroatoms. The summed E-state index contributed by atoms with van der Waals surface area (Å²) in [5.74, 6) is 0.430. The fourth-order valence-electron chi connectivity index (χ4n) is 3.89. The molecule has 2 saturated heterocycles.